The molecule has 0 amide bonds. The Morgan fingerprint density at radius 3 is 2.76 bits per heavy atom. The second-order valence-corrected chi connectivity index (χ2v) is 6.99. The average Bonchev–Trinajstić information content (AvgIpc) is 2.72. The SMILES string of the molecule is CCOC(=O)C1=C(CCl)OC(N)=C(C#N)C1c1cc2cc(CC)ccc2nc1Cl. The summed E-state index contributed by atoms with van der Waals surface area (Å²) in [7, 11) is 0. The highest BCUT2D eigenvalue weighted by molar-refractivity contribution is 6.31. The van der Waals surface area contributed by atoms with Crippen molar-refractivity contribution >= 4 is 40.1 Å². The molecule has 0 bridgehead atoms. The van der Waals surface area contributed by atoms with Gasteiger partial charge in [0.15, 0.2) is 0 Å². The number of rotatable bonds is 5. The minimum Gasteiger partial charge on any atom is -0.463 e. The molecule has 2 N–H and O–H groups in total. The summed E-state index contributed by atoms with van der Waals surface area (Å²) >= 11 is 12.5. The fourth-order valence-electron chi connectivity index (χ4n) is 3.30. The van der Waals surface area contributed by atoms with Gasteiger partial charge in [-0.1, -0.05) is 24.6 Å². The average molecular weight is 432 g/mol. The molecule has 0 aliphatic carbocycles. The Labute approximate surface area is 178 Å². The van der Waals surface area contributed by atoms with Gasteiger partial charge in [-0.2, -0.15) is 5.26 Å². The quantitative estimate of drug-likeness (QED) is 0.430. The van der Waals surface area contributed by atoms with Crippen molar-refractivity contribution < 1.29 is 14.3 Å². The lowest BCUT2D eigenvalue weighted by Crippen LogP contribution is -2.27. The van der Waals surface area contributed by atoms with Crippen LogP contribution in [0.3, 0.4) is 0 Å². The molecule has 1 aromatic carbocycles. The molecule has 1 aliphatic rings. The number of aromatic nitrogens is 1. The summed E-state index contributed by atoms with van der Waals surface area (Å²) in [6.45, 7) is 3.88. The van der Waals surface area contributed by atoms with Gasteiger partial charge in [0.05, 0.1) is 29.5 Å². The molecule has 29 heavy (non-hydrogen) atoms. The Hall–Kier alpha value is -2.75. The Bertz CT molecular complexity index is 1090. The maximum Gasteiger partial charge on any atom is 0.338 e. The van der Waals surface area contributed by atoms with Crippen molar-refractivity contribution in [2.45, 2.75) is 26.2 Å². The Morgan fingerprint density at radius 2 is 2.14 bits per heavy atom. The highest BCUT2D eigenvalue weighted by Gasteiger charge is 2.38. The molecule has 8 heteroatoms. The molecule has 1 aromatic heterocycles. The third-order valence-electron chi connectivity index (χ3n) is 4.69. The predicted molar refractivity (Wildman–Crippen MR) is 111 cm³/mol. The zero-order valence-electron chi connectivity index (χ0n) is 16.0. The van der Waals surface area contributed by atoms with Crippen molar-refractivity contribution in [2.24, 2.45) is 5.73 Å². The summed E-state index contributed by atoms with van der Waals surface area (Å²) in [6, 6.07) is 9.71. The number of carbonyl (C=O) groups excluding carboxylic acids is 1. The molecule has 6 nitrogen and oxygen atoms in total. The van der Waals surface area contributed by atoms with E-state index >= 15 is 0 Å². The van der Waals surface area contributed by atoms with Crippen LogP contribution in [0.1, 0.15) is 30.9 Å². The van der Waals surface area contributed by atoms with E-state index < -0.39 is 11.9 Å². The molecule has 0 radical (unpaired) electrons. The Morgan fingerprint density at radius 1 is 1.38 bits per heavy atom. The maximum absolute atomic E-state index is 12.7. The first-order valence-corrected chi connectivity index (χ1v) is 9.99. The van der Waals surface area contributed by atoms with Crippen LogP contribution < -0.4 is 5.73 Å². The zero-order chi connectivity index (χ0) is 21.1. The van der Waals surface area contributed by atoms with Crippen LogP contribution in [0.2, 0.25) is 5.15 Å². The number of carbonyl (C=O) groups is 1. The number of hydrogen-bond donors (Lipinski definition) is 1. The summed E-state index contributed by atoms with van der Waals surface area (Å²) in [5, 5.41) is 10.7. The number of nitriles is 1. The van der Waals surface area contributed by atoms with Crippen LogP contribution in [0.25, 0.3) is 10.9 Å². The largest absolute Gasteiger partial charge is 0.463 e. The van der Waals surface area contributed by atoms with Crippen LogP contribution in [0.5, 0.6) is 0 Å². The molecule has 0 spiro atoms. The number of esters is 1. The lowest BCUT2D eigenvalue weighted by atomic mass is 9.83. The number of nitrogens with zero attached hydrogens (tertiary/aromatic N) is 2. The summed E-state index contributed by atoms with van der Waals surface area (Å²) in [4.78, 5) is 17.2. The van der Waals surface area contributed by atoms with E-state index in [1.54, 1.807) is 6.92 Å². The van der Waals surface area contributed by atoms with E-state index in [0.29, 0.717) is 11.1 Å². The van der Waals surface area contributed by atoms with E-state index in [0.717, 1.165) is 17.4 Å². The Balaban J connectivity index is 2.29. The van der Waals surface area contributed by atoms with Crippen molar-refractivity contribution in [3.63, 3.8) is 0 Å². The lowest BCUT2D eigenvalue weighted by molar-refractivity contribution is -0.139. The molecule has 0 saturated carbocycles. The van der Waals surface area contributed by atoms with E-state index in [4.69, 9.17) is 38.4 Å². The van der Waals surface area contributed by atoms with Gasteiger partial charge in [-0.05, 0) is 37.1 Å². The zero-order valence-corrected chi connectivity index (χ0v) is 17.5. The van der Waals surface area contributed by atoms with Gasteiger partial charge in [0.2, 0.25) is 5.88 Å². The van der Waals surface area contributed by atoms with Crippen molar-refractivity contribution in [3.8, 4) is 6.07 Å². The number of alkyl halides is 1. The van der Waals surface area contributed by atoms with E-state index in [1.165, 1.54) is 0 Å². The molecule has 0 saturated heterocycles. The lowest BCUT2D eigenvalue weighted by Gasteiger charge is -2.27. The molecule has 3 rings (SSSR count). The highest BCUT2D eigenvalue weighted by atomic mass is 35.5. The van der Waals surface area contributed by atoms with E-state index in [9.17, 15) is 10.1 Å². The van der Waals surface area contributed by atoms with Gasteiger partial charge in [0.1, 0.15) is 22.6 Å². The summed E-state index contributed by atoms with van der Waals surface area (Å²) < 4.78 is 10.6. The van der Waals surface area contributed by atoms with E-state index in [1.807, 2.05) is 30.3 Å². The fourth-order valence-corrected chi connectivity index (χ4v) is 3.76. The van der Waals surface area contributed by atoms with Crippen LogP contribution in [0.15, 0.2) is 47.1 Å². The number of pyridine rings is 1. The molecule has 1 unspecified atom stereocenters. The number of hydrogen-bond acceptors (Lipinski definition) is 6. The van der Waals surface area contributed by atoms with Gasteiger partial charge in [0, 0.05) is 10.9 Å². The normalized spacial score (nSPS) is 16.6. The summed E-state index contributed by atoms with van der Waals surface area (Å²) in [5.41, 5.74) is 8.39. The van der Waals surface area contributed by atoms with Crippen LogP contribution >= 0.6 is 23.2 Å². The molecular formula is C21H19Cl2N3O3. The monoisotopic (exact) mass is 431 g/mol. The first kappa shape index (κ1) is 21.0. The first-order valence-electron chi connectivity index (χ1n) is 9.07. The molecular weight excluding hydrogens is 413 g/mol. The maximum atomic E-state index is 12.7. The van der Waals surface area contributed by atoms with Gasteiger partial charge in [0.25, 0.3) is 0 Å². The topological polar surface area (TPSA) is 98.2 Å². The number of allylic oxidation sites excluding steroid dienone is 2. The van der Waals surface area contributed by atoms with Crippen LogP contribution in [0, 0.1) is 11.3 Å². The predicted octanol–water partition coefficient (Wildman–Crippen LogP) is 4.31. The summed E-state index contributed by atoms with van der Waals surface area (Å²) in [5.74, 6) is -1.66. The van der Waals surface area contributed by atoms with Gasteiger partial charge >= 0.3 is 5.97 Å². The minimum atomic E-state index is -0.892. The van der Waals surface area contributed by atoms with Crippen molar-refractivity contribution in [2.75, 3.05) is 12.5 Å². The standard InChI is InChI=1S/C21H19Cl2N3O3/c1-3-11-5-6-15-12(7-11)8-13(19(23)26-15)17-14(10-24)20(25)29-16(9-22)18(17)21(27)28-4-2/h5-8,17H,3-4,9,25H2,1-2H3. The molecule has 150 valence electrons. The van der Waals surface area contributed by atoms with Crippen molar-refractivity contribution in [1.82, 2.24) is 4.98 Å². The number of nitrogens with two attached hydrogens (primary N) is 1. The van der Waals surface area contributed by atoms with Gasteiger partial charge in [-0.3, -0.25) is 0 Å². The fraction of sp³-hybridized carbons (Fsp3) is 0.286. The van der Waals surface area contributed by atoms with Gasteiger partial charge in [-0.15, -0.1) is 11.6 Å². The molecule has 1 aliphatic heterocycles. The molecule has 0 fully saturated rings. The molecule has 2 aromatic rings. The van der Waals surface area contributed by atoms with E-state index in [-0.39, 0.29) is 40.4 Å². The number of fused-ring (bicyclic) bond motifs is 1. The second kappa shape index (κ2) is 8.73. The van der Waals surface area contributed by atoms with E-state index in [2.05, 4.69) is 11.9 Å². The van der Waals surface area contributed by atoms with Crippen LogP contribution in [-0.2, 0) is 20.7 Å². The third kappa shape index (κ3) is 3.89. The Kier molecular flexibility index (Phi) is 6.31. The van der Waals surface area contributed by atoms with Crippen LogP contribution in [-0.4, -0.2) is 23.4 Å². The molecule has 2 heterocycles. The van der Waals surface area contributed by atoms with Crippen molar-refractivity contribution in [1.29, 1.82) is 5.26 Å². The number of ether oxygens (including phenoxy) is 2. The molecule has 1 atom stereocenters. The number of halogens is 2. The minimum absolute atomic E-state index is 0.0524. The first-order chi connectivity index (χ1) is 13.9. The van der Waals surface area contributed by atoms with Crippen LogP contribution in [0.4, 0.5) is 0 Å². The van der Waals surface area contributed by atoms with Gasteiger partial charge in [-0.25, -0.2) is 9.78 Å². The van der Waals surface area contributed by atoms with Gasteiger partial charge < -0.3 is 15.2 Å². The highest BCUT2D eigenvalue weighted by Crippen LogP contribution is 2.42. The second-order valence-electron chi connectivity index (χ2n) is 6.36. The smallest absolute Gasteiger partial charge is 0.338 e. The number of aryl methyl sites for hydroxylation is 1. The number of benzene rings is 1. The third-order valence-corrected chi connectivity index (χ3v) is 5.24. The van der Waals surface area contributed by atoms with Crippen molar-refractivity contribution in [3.05, 3.63) is 63.3 Å². The summed E-state index contributed by atoms with van der Waals surface area (Å²) in [6.07, 6.45) is 0.853.